The van der Waals surface area contributed by atoms with Gasteiger partial charge in [-0.15, -0.1) is 0 Å². The summed E-state index contributed by atoms with van der Waals surface area (Å²) in [7, 11) is 1.64. The van der Waals surface area contributed by atoms with Crippen LogP contribution in [-0.2, 0) is 22.6 Å². The third-order valence-corrected chi connectivity index (χ3v) is 6.89. The summed E-state index contributed by atoms with van der Waals surface area (Å²) in [4.78, 5) is 13.1. The molecule has 40 heavy (non-hydrogen) atoms. The zero-order valence-electron chi connectivity index (χ0n) is 22.7. The number of hydrogen-bond acceptors (Lipinski definition) is 6. The lowest BCUT2D eigenvalue weighted by Gasteiger charge is -2.43. The molecule has 0 aliphatic carbocycles. The fourth-order valence-corrected chi connectivity index (χ4v) is 4.70. The lowest BCUT2D eigenvalue weighted by atomic mass is 9.87. The highest BCUT2D eigenvalue weighted by atomic mass is 19.1. The van der Waals surface area contributed by atoms with E-state index in [1.54, 1.807) is 7.11 Å². The van der Waals surface area contributed by atoms with Gasteiger partial charge in [-0.1, -0.05) is 42.5 Å². The van der Waals surface area contributed by atoms with Crippen LogP contribution in [0.25, 0.3) is 0 Å². The number of anilines is 1. The molecule has 1 aliphatic heterocycles. The molecule has 5 rings (SSSR count). The quantitative estimate of drug-likeness (QED) is 0.228. The van der Waals surface area contributed by atoms with Gasteiger partial charge in [0.1, 0.15) is 29.0 Å². The Bertz CT molecular complexity index is 1440. The van der Waals surface area contributed by atoms with Crippen molar-refractivity contribution < 1.29 is 28.1 Å². The van der Waals surface area contributed by atoms with Crippen LogP contribution in [-0.4, -0.2) is 24.8 Å². The molecule has 0 bridgehead atoms. The van der Waals surface area contributed by atoms with Crippen LogP contribution in [0.2, 0.25) is 0 Å². The second-order valence-corrected chi connectivity index (χ2v) is 10.2. The van der Waals surface area contributed by atoms with Crippen LogP contribution in [0.15, 0.2) is 97.1 Å². The Labute approximate surface area is 233 Å². The molecule has 4 aromatic rings. The Morgan fingerprint density at radius 2 is 1.65 bits per heavy atom. The van der Waals surface area contributed by atoms with E-state index < -0.39 is 29.6 Å². The van der Waals surface area contributed by atoms with Crippen molar-refractivity contribution in [2.75, 3.05) is 12.4 Å². The second kappa shape index (κ2) is 11.8. The normalized spacial score (nSPS) is 17.3. The molecule has 0 fully saturated rings. The Balaban J connectivity index is 1.43. The smallest absolute Gasteiger partial charge is 0.338 e. The third kappa shape index (κ3) is 6.26. The van der Waals surface area contributed by atoms with Crippen molar-refractivity contribution in [1.82, 2.24) is 0 Å². The van der Waals surface area contributed by atoms with Crippen LogP contribution in [0.5, 0.6) is 11.5 Å². The monoisotopic (exact) mass is 541 g/mol. The minimum absolute atomic E-state index is 0.250. The maximum Gasteiger partial charge on any atom is 0.338 e. The minimum atomic E-state index is -0.901. The van der Waals surface area contributed by atoms with Crippen LogP contribution in [0.4, 0.5) is 10.1 Å². The third-order valence-electron chi connectivity index (χ3n) is 6.89. The number of carbonyl (C=O) groups is 1. The van der Waals surface area contributed by atoms with Gasteiger partial charge in [0.15, 0.2) is 6.10 Å². The number of hydrogen-bond donors (Lipinski definition) is 1. The van der Waals surface area contributed by atoms with E-state index >= 15 is 0 Å². The molecule has 2 unspecified atom stereocenters. The first-order valence-electron chi connectivity index (χ1n) is 13.1. The van der Waals surface area contributed by atoms with E-state index in [2.05, 4.69) is 5.32 Å². The summed E-state index contributed by atoms with van der Waals surface area (Å²) in [5, 5.41) is 3.46. The number of nitrogens with one attached hydrogen (secondary N) is 1. The van der Waals surface area contributed by atoms with Gasteiger partial charge < -0.3 is 24.3 Å². The number of methoxy groups -OCH3 is 1. The molecule has 0 spiro atoms. The van der Waals surface area contributed by atoms with Gasteiger partial charge in [0.25, 0.3) is 0 Å². The largest absolute Gasteiger partial charge is 0.497 e. The van der Waals surface area contributed by atoms with E-state index in [9.17, 15) is 9.18 Å². The first-order chi connectivity index (χ1) is 19.3. The molecule has 0 saturated heterocycles. The molecule has 1 aliphatic rings. The second-order valence-electron chi connectivity index (χ2n) is 10.2. The van der Waals surface area contributed by atoms with Crippen molar-refractivity contribution in [2.24, 2.45) is 0 Å². The predicted molar refractivity (Wildman–Crippen MR) is 151 cm³/mol. The maximum atomic E-state index is 13.5. The van der Waals surface area contributed by atoms with Gasteiger partial charge in [0.05, 0.1) is 19.3 Å². The number of halogens is 1. The highest BCUT2D eigenvalue weighted by Crippen LogP contribution is 2.45. The molecule has 0 radical (unpaired) electrons. The van der Waals surface area contributed by atoms with Gasteiger partial charge in [-0.25, -0.2) is 9.18 Å². The summed E-state index contributed by atoms with van der Waals surface area (Å²) in [5.74, 6) is 0.460. The molecule has 2 atom stereocenters. The molecule has 1 heterocycles. The van der Waals surface area contributed by atoms with Gasteiger partial charge in [-0.3, -0.25) is 0 Å². The number of ether oxygens (including phenoxy) is 4. The van der Waals surface area contributed by atoms with E-state index in [4.69, 9.17) is 18.9 Å². The number of esters is 1. The zero-order valence-corrected chi connectivity index (χ0v) is 22.7. The number of carbonyl (C=O) groups excluding carboxylic acids is 1. The summed E-state index contributed by atoms with van der Waals surface area (Å²) in [6, 6.07) is 28.8. The summed E-state index contributed by atoms with van der Waals surface area (Å²) in [5.41, 5.74) is 3.08. The average Bonchev–Trinajstić information content (AvgIpc) is 2.97. The fourth-order valence-electron chi connectivity index (χ4n) is 4.70. The molecule has 0 amide bonds. The van der Waals surface area contributed by atoms with Crippen LogP contribution in [0.1, 0.15) is 47.0 Å². The molecule has 0 aromatic heterocycles. The van der Waals surface area contributed by atoms with E-state index in [-0.39, 0.29) is 5.56 Å². The fraction of sp³-hybridized carbons (Fsp3) is 0.242. The predicted octanol–water partition coefficient (Wildman–Crippen LogP) is 7.10. The van der Waals surface area contributed by atoms with Gasteiger partial charge in [-0.2, -0.15) is 0 Å². The van der Waals surface area contributed by atoms with Crippen LogP contribution < -0.4 is 14.8 Å². The highest BCUT2D eigenvalue weighted by Gasteiger charge is 2.47. The first-order valence-corrected chi connectivity index (χ1v) is 13.1. The van der Waals surface area contributed by atoms with Gasteiger partial charge in [0, 0.05) is 17.8 Å². The van der Waals surface area contributed by atoms with E-state index in [0.29, 0.717) is 18.9 Å². The minimum Gasteiger partial charge on any atom is -0.497 e. The summed E-state index contributed by atoms with van der Waals surface area (Å²) < 4.78 is 37.6. The van der Waals surface area contributed by atoms with Gasteiger partial charge in [0.2, 0.25) is 0 Å². The number of rotatable bonds is 9. The van der Waals surface area contributed by atoms with Gasteiger partial charge >= 0.3 is 5.97 Å². The Hall–Kier alpha value is -4.36. The Kier molecular flexibility index (Phi) is 8.03. The maximum absolute atomic E-state index is 13.5. The summed E-state index contributed by atoms with van der Waals surface area (Å²) in [6.07, 6.45) is -1.40. The van der Waals surface area contributed by atoms with Crippen LogP contribution in [0, 0.1) is 5.82 Å². The molecule has 7 heteroatoms. The molecule has 0 saturated carbocycles. The van der Waals surface area contributed by atoms with Crippen molar-refractivity contribution >= 4 is 11.7 Å². The number of fused-ring (bicyclic) bond motifs is 1. The standard InChI is InChI=1S/C33H32FNO5/c1-33(2)31(39-32(36)24-11-13-25(34)14-12-24)30(38-21-23-7-5-4-6-8-23)28-19-26(15-18-29(28)40-33)35-20-22-9-16-27(37-3)17-10-22/h4-19,30-31,35H,20-21H2,1-3H3. The lowest BCUT2D eigenvalue weighted by molar-refractivity contribution is -0.143. The molecular formula is C33H32FNO5. The van der Waals surface area contributed by atoms with E-state index in [1.165, 1.54) is 24.3 Å². The Morgan fingerprint density at radius 1 is 0.925 bits per heavy atom. The molecule has 6 nitrogen and oxygen atoms in total. The van der Waals surface area contributed by atoms with Gasteiger partial charge in [-0.05, 0) is 79.6 Å². The molecule has 206 valence electrons. The SMILES string of the molecule is COc1ccc(CNc2ccc3c(c2)C(OCc2ccccc2)C(OC(=O)c2ccc(F)cc2)C(C)(C)O3)cc1. The van der Waals surface area contributed by atoms with Crippen molar-refractivity contribution in [1.29, 1.82) is 0 Å². The molecule has 4 aromatic carbocycles. The average molecular weight is 542 g/mol. The summed E-state index contributed by atoms with van der Waals surface area (Å²) in [6.45, 7) is 4.66. The molecular weight excluding hydrogens is 509 g/mol. The number of benzene rings is 4. The van der Waals surface area contributed by atoms with Crippen LogP contribution >= 0.6 is 0 Å². The lowest BCUT2D eigenvalue weighted by Crippen LogP contribution is -2.51. The molecule has 1 N–H and O–H groups in total. The first kappa shape index (κ1) is 27.2. The zero-order chi connectivity index (χ0) is 28.1. The summed E-state index contributed by atoms with van der Waals surface area (Å²) >= 11 is 0. The topological polar surface area (TPSA) is 66.0 Å². The highest BCUT2D eigenvalue weighted by molar-refractivity contribution is 5.89. The van der Waals surface area contributed by atoms with E-state index in [0.717, 1.165) is 28.1 Å². The van der Waals surface area contributed by atoms with Crippen molar-refractivity contribution in [3.63, 3.8) is 0 Å². The van der Waals surface area contributed by atoms with Crippen molar-refractivity contribution in [3.05, 3.63) is 125 Å². The van der Waals surface area contributed by atoms with E-state index in [1.807, 2.05) is 86.6 Å². The van der Waals surface area contributed by atoms with Crippen molar-refractivity contribution in [3.8, 4) is 11.5 Å². The van der Waals surface area contributed by atoms with Crippen molar-refractivity contribution in [2.45, 2.75) is 44.8 Å². The Morgan fingerprint density at radius 3 is 2.35 bits per heavy atom. The van der Waals surface area contributed by atoms with Crippen LogP contribution in [0.3, 0.4) is 0 Å².